The van der Waals surface area contributed by atoms with Gasteiger partial charge in [-0.3, -0.25) is 0 Å². The molecule has 3 nitrogen and oxygen atoms in total. The molecule has 2 N–H and O–H groups in total. The Balaban J connectivity index is 2.54. The van der Waals surface area contributed by atoms with Crippen LogP contribution < -0.4 is 10.7 Å². The Morgan fingerprint density at radius 2 is 2.19 bits per heavy atom. The van der Waals surface area contributed by atoms with E-state index in [-0.39, 0.29) is 6.54 Å². The summed E-state index contributed by atoms with van der Waals surface area (Å²) in [7, 11) is 0. The largest absolute Gasteiger partial charge is 0.414 e. The molecule has 0 heterocycles. The highest BCUT2D eigenvalue weighted by Crippen LogP contribution is 2.27. The van der Waals surface area contributed by atoms with Gasteiger partial charge in [0, 0.05) is 19.8 Å². The second-order valence-electron chi connectivity index (χ2n) is 4.64. The van der Waals surface area contributed by atoms with Crippen LogP contribution >= 0.6 is 0 Å². The van der Waals surface area contributed by atoms with E-state index in [0.717, 1.165) is 18.1 Å². The molecule has 0 radical (unpaired) electrons. The fourth-order valence-electron chi connectivity index (χ4n) is 1.91. The minimum Gasteiger partial charge on any atom is -0.310 e. The summed E-state index contributed by atoms with van der Waals surface area (Å²) in [5, 5.41) is 6.29. The summed E-state index contributed by atoms with van der Waals surface area (Å²) in [6.07, 6.45) is 7.32. The van der Waals surface area contributed by atoms with E-state index >= 15 is 0 Å². The Hall–Kier alpha value is -1.82. The lowest BCUT2D eigenvalue weighted by molar-refractivity contribution is -0.0962. The van der Waals surface area contributed by atoms with Crippen LogP contribution in [-0.2, 0) is 0 Å². The maximum atomic E-state index is 12.9. The van der Waals surface area contributed by atoms with Crippen molar-refractivity contribution in [1.29, 1.82) is 0 Å². The monoisotopic (exact) mass is 299 g/mol. The number of hydrazone groups is 1. The van der Waals surface area contributed by atoms with Crippen molar-refractivity contribution in [3.63, 3.8) is 0 Å². The van der Waals surface area contributed by atoms with Crippen LogP contribution in [0.1, 0.15) is 13.3 Å². The van der Waals surface area contributed by atoms with E-state index in [1.54, 1.807) is 0 Å². The van der Waals surface area contributed by atoms with Crippen LogP contribution in [0.25, 0.3) is 0 Å². The number of hydrogen-bond acceptors (Lipinski definition) is 3. The van der Waals surface area contributed by atoms with Crippen molar-refractivity contribution in [2.24, 2.45) is 5.10 Å². The Morgan fingerprint density at radius 3 is 2.86 bits per heavy atom. The third-order valence-electron chi connectivity index (χ3n) is 2.97. The summed E-state index contributed by atoms with van der Waals surface area (Å²) < 4.78 is 38.7. The Kier molecular flexibility index (Phi) is 6.94. The van der Waals surface area contributed by atoms with Crippen LogP contribution in [0.4, 0.5) is 13.2 Å². The highest BCUT2D eigenvalue weighted by atomic mass is 19.4. The Morgan fingerprint density at radius 1 is 1.43 bits per heavy atom. The molecule has 1 aliphatic carbocycles. The summed E-state index contributed by atoms with van der Waals surface area (Å²) in [5.74, 6) is 0. The van der Waals surface area contributed by atoms with Gasteiger partial charge in [-0.25, -0.2) is 0 Å². The van der Waals surface area contributed by atoms with Crippen LogP contribution in [0.15, 0.2) is 52.7 Å². The molecule has 0 aromatic rings. The van der Waals surface area contributed by atoms with Gasteiger partial charge in [-0.2, -0.15) is 18.3 Å². The molecule has 0 unspecified atom stereocenters. The van der Waals surface area contributed by atoms with Gasteiger partial charge in [0.15, 0.2) is 0 Å². The van der Waals surface area contributed by atoms with Crippen molar-refractivity contribution in [3.8, 4) is 0 Å². The highest BCUT2D eigenvalue weighted by Gasteiger charge is 2.36. The lowest BCUT2D eigenvalue weighted by atomic mass is 10.1. The fraction of sp³-hybridized carbons (Fsp3) is 0.400. The first-order valence-electron chi connectivity index (χ1n) is 6.65. The smallest absolute Gasteiger partial charge is 0.310 e. The van der Waals surface area contributed by atoms with Crippen LogP contribution in [0.2, 0.25) is 0 Å². The van der Waals surface area contributed by atoms with Crippen LogP contribution in [0.3, 0.4) is 0 Å². The molecule has 21 heavy (non-hydrogen) atoms. The molecule has 0 amide bonds. The minimum atomic E-state index is -4.38. The first-order valence-corrected chi connectivity index (χ1v) is 6.65. The van der Waals surface area contributed by atoms with Gasteiger partial charge in [0.1, 0.15) is 0 Å². The zero-order valence-electron chi connectivity index (χ0n) is 12.0. The standard InChI is InChI=1S/C15H20F3N3/c1-12(21-19-2)14(15(16,17)18)9-10-20-11-13-7-5-3-4-6-8-13/h3-7,9,12,20-21H,2,8,10-11H2,1H3/b14-9+/t12-/m1/s1. The number of hydrogen-bond donors (Lipinski definition) is 2. The van der Waals surface area contributed by atoms with Gasteiger partial charge in [0.2, 0.25) is 0 Å². The lowest BCUT2D eigenvalue weighted by Gasteiger charge is -2.18. The fourth-order valence-corrected chi connectivity index (χ4v) is 1.91. The zero-order valence-corrected chi connectivity index (χ0v) is 12.0. The van der Waals surface area contributed by atoms with Gasteiger partial charge in [-0.05, 0) is 13.3 Å². The molecule has 0 spiro atoms. The van der Waals surface area contributed by atoms with Gasteiger partial charge >= 0.3 is 6.18 Å². The maximum absolute atomic E-state index is 12.9. The Labute approximate surface area is 123 Å². The van der Waals surface area contributed by atoms with Crippen molar-refractivity contribution in [2.45, 2.75) is 25.6 Å². The molecule has 1 atom stereocenters. The first kappa shape index (κ1) is 17.2. The van der Waals surface area contributed by atoms with E-state index in [1.807, 2.05) is 30.4 Å². The number of halogens is 3. The molecule has 6 heteroatoms. The number of nitrogens with one attached hydrogen (secondary N) is 2. The van der Waals surface area contributed by atoms with Crippen molar-refractivity contribution in [1.82, 2.24) is 10.7 Å². The summed E-state index contributed by atoms with van der Waals surface area (Å²) in [6.45, 7) is 5.24. The van der Waals surface area contributed by atoms with Gasteiger partial charge in [-0.1, -0.05) is 42.0 Å². The zero-order chi connectivity index (χ0) is 15.7. The van der Waals surface area contributed by atoms with Crippen LogP contribution in [0.5, 0.6) is 0 Å². The molecule has 0 saturated heterocycles. The summed E-state index contributed by atoms with van der Waals surface area (Å²) in [4.78, 5) is 0. The summed E-state index contributed by atoms with van der Waals surface area (Å²) in [5.41, 5.74) is 2.79. The minimum absolute atomic E-state index is 0.142. The molecule has 116 valence electrons. The molecule has 1 aliphatic rings. The predicted octanol–water partition coefficient (Wildman–Crippen LogP) is 3.10. The molecule has 0 bridgehead atoms. The molecule has 0 saturated carbocycles. The molecule has 0 aliphatic heterocycles. The van der Waals surface area contributed by atoms with Gasteiger partial charge in [-0.15, -0.1) is 0 Å². The normalized spacial score (nSPS) is 17.1. The molecular weight excluding hydrogens is 279 g/mol. The molecular formula is C15H20F3N3. The SMILES string of the molecule is C=NN[C@H](C)/C(=C\CNCC1=CC=CC=CC1)C(F)(F)F. The highest BCUT2D eigenvalue weighted by molar-refractivity contribution is 5.25. The van der Waals surface area contributed by atoms with E-state index in [9.17, 15) is 13.2 Å². The number of allylic oxidation sites excluding steroid dienone is 5. The van der Waals surface area contributed by atoms with Crippen LogP contribution in [-0.4, -0.2) is 32.0 Å². The average molecular weight is 299 g/mol. The van der Waals surface area contributed by atoms with E-state index in [1.165, 1.54) is 6.92 Å². The topological polar surface area (TPSA) is 36.4 Å². The first-order chi connectivity index (χ1) is 9.95. The summed E-state index contributed by atoms with van der Waals surface area (Å²) >= 11 is 0. The van der Waals surface area contributed by atoms with Crippen molar-refractivity contribution < 1.29 is 13.2 Å². The molecule has 0 aromatic carbocycles. The van der Waals surface area contributed by atoms with E-state index in [4.69, 9.17) is 0 Å². The average Bonchev–Trinajstić information content (AvgIpc) is 2.65. The molecule has 0 fully saturated rings. The summed E-state index contributed by atoms with van der Waals surface area (Å²) in [6, 6.07) is -0.924. The Bertz CT molecular complexity index is 459. The van der Waals surface area contributed by atoms with Crippen molar-refractivity contribution >= 4 is 6.72 Å². The molecule has 1 rings (SSSR count). The number of alkyl halides is 3. The number of rotatable bonds is 7. The van der Waals surface area contributed by atoms with E-state index < -0.39 is 17.8 Å². The second kappa shape index (κ2) is 8.46. The maximum Gasteiger partial charge on any atom is 0.414 e. The third kappa shape index (κ3) is 6.44. The van der Waals surface area contributed by atoms with Crippen LogP contribution in [0, 0.1) is 0 Å². The van der Waals surface area contributed by atoms with Crippen molar-refractivity contribution in [2.75, 3.05) is 13.1 Å². The van der Waals surface area contributed by atoms with Crippen molar-refractivity contribution in [3.05, 3.63) is 47.6 Å². The quantitative estimate of drug-likeness (QED) is 0.328. The number of nitrogens with zero attached hydrogens (tertiary/aromatic N) is 1. The van der Waals surface area contributed by atoms with E-state index in [2.05, 4.69) is 22.6 Å². The predicted molar refractivity (Wildman–Crippen MR) is 80.1 cm³/mol. The molecule has 0 aromatic heterocycles. The van der Waals surface area contributed by atoms with Gasteiger partial charge in [0.05, 0.1) is 11.6 Å². The van der Waals surface area contributed by atoms with Gasteiger partial charge in [0.25, 0.3) is 0 Å². The van der Waals surface area contributed by atoms with E-state index in [0.29, 0.717) is 6.54 Å². The lowest BCUT2D eigenvalue weighted by Crippen LogP contribution is -2.32. The van der Waals surface area contributed by atoms with Gasteiger partial charge < -0.3 is 10.7 Å². The second-order valence-corrected chi connectivity index (χ2v) is 4.64. The third-order valence-corrected chi connectivity index (χ3v) is 2.97.